The molecule has 1 aliphatic heterocycles. The van der Waals surface area contributed by atoms with E-state index in [1.54, 1.807) is 0 Å². The molecule has 0 radical (unpaired) electrons. The van der Waals surface area contributed by atoms with Crippen molar-refractivity contribution in [2.75, 3.05) is 19.7 Å². The zero-order valence-electron chi connectivity index (χ0n) is 9.72. The Morgan fingerprint density at radius 3 is 2.24 bits per heavy atom. The molecule has 1 heterocycles. The number of carbonyl (C=O) groups is 1. The van der Waals surface area contributed by atoms with Crippen LogP contribution in [0.15, 0.2) is 0 Å². The maximum absolute atomic E-state index is 10.6. The summed E-state index contributed by atoms with van der Waals surface area (Å²) in [5.41, 5.74) is 0. The van der Waals surface area contributed by atoms with Crippen LogP contribution in [0.3, 0.4) is 0 Å². The second kappa shape index (κ2) is 8.30. The number of hydrogen-bond acceptors (Lipinski definition) is 3. The minimum absolute atomic E-state index is 0.543. The summed E-state index contributed by atoms with van der Waals surface area (Å²) < 4.78 is 37.3. The summed E-state index contributed by atoms with van der Waals surface area (Å²) in [6.07, 6.45) is -1.01. The SMILES string of the molecule is CCCOC1CCNCC1.O=C(O)C(F)(F)F. The number of carboxylic acids is 1. The van der Waals surface area contributed by atoms with E-state index in [1.165, 1.54) is 12.8 Å². The molecule has 4 nitrogen and oxygen atoms in total. The molecule has 1 rings (SSSR count). The molecule has 2 N–H and O–H groups in total. The Kier molecular flexibility index (Phi) is 7.90. The Labute approximate surface area is 98.1 Å². The molecule has 1 saturated heterocycles. The predicted octanol–water partition coefficient (Wildman–Crippen LogP) is 1.80. The van der Waals surface area contributed by atoms with Crippen LogP contribution in [0.4, 0.5) is 13.2 Å². The molecule has 0 aliphatic carbocycles. The lowest BCUT2D eigenvalue weighted by Crippen LogP contribution is -2.32. The van der Waals surface area contributed by atoms with Gasteiger partial charge in [0.2, 0.25) is 0 Å². The number of carboxylic acid groups (broad SMARTS) is 1. The van der Waals surface area contributed by atoms with Crippen molar-refractivity contribution in [3.63, 3.8) is 0 Å². The van der Waals surface area contributed by atoms with E-state index in [4.69, 9.17) is 14.6 Å². The molecule has 17 heavy (non-hydrogen) atoms. The van der Waals surface area contributed by atoms with Gasteiger partial charge in [-0.05, 0) is 32.4 Å². The molecule has 0 unspecified atom stereocenters. The lowest BCUT2D eigenvalue weighted by molar-refractivity contribution is -0.192. The molecule has 0 aromatic carbocycles. The average molecular weight is 257 g/mol. The molecule has 0 spiro atoms. The van der Waals surface area contributed by atoms with Crippen LogP contribution in [0.25, 0.3) is 0 Å². The number of hydrogen-bond donors (Lipinski definition) is 2. The zero-order chi connectivity index (χ0) is 13.3. The van der Waals surface area contributed by atoms with E-state index in [2.05, 4.69) is 12.2 Å². The van der Waals surface area contributed by atoms with Gasteiger partial charge in [0.15, 0.2) is 0 Å². The first kappa shape index (κ1) is 16.2. The van der Waals surface area contributed by atoms with E-state index in [0.29, 0.717) is 6.10 Å². The molecule has 0 bridgehead atoms. The zero-order valence-corrected chi connectivity index (χ0v) is 9.72. The van der Waals surface area contributed by atoms with Crippen LogP contribution in [0, 0.1) is 0 Å². The number of nitrogens with one attached hydrogen (secondary N) is 1. The van der Waals surface area contributed by atoms with Gasteiger partial charge in [-0.3, -0.25) is 0 Å². The van der Waals surface area contributed by atoms with Gasteiger partial charge in [0.25, 0.3) is 0 Å². The van der Waals surface area contributed by atoms with Crippen molar-refractivity contribution in [3.8, 4) is 0 Å². The van der Waals surface area contributed by atoms with Crippen LogP contribution in [-0.2, 0) is 9.53 Å². The van der Waals surface area contributed by atoms with Crippen molar-refractivity contribution < 1.29 is 27.8 Å². The van der Waals surface area contributed by atoms with E-state index in [0.717, 1.165) is 26.1 Å². The van der Waals surface area contributed by atoms with Crippen molar-refractivity contribution in [1.29, 1.82) is 0 Å². The molecule has 1 fully saturated rings. The average Bonchev–Trinajstić information content (AvgIpc) is 2.27. The second-order valence-corrected chi connectivity index (χ2v) is 3.62. The lowest BCUT2D eigenvalue weighted by atomic mass is 10.1. The highest BCUT2D eigenvalue weighted by atomic mass is 19.4. The highest BCUT2D eigenvalue weighted by molar-refractivity contribution is 5.73. The molecule has 0 amide bonds. The van der Waals surface area contributed by atoms with E-state index < -0.39 is 12.1 Å². The fourth-order valence-electron chi connectivity index (χ4n) is 1.25. The summed E-state index contributed by atoms with van der Waals surface area (Å²) in [6, 6.07) is 0. The Balaban J connectivity index is 0.000000325. The Bertz CT molecular complexity index is 215. The van der Waals surface area contributed by atoms with Gasteiger partial charge in [0.1, 0.15) is 0 Å². The van der Waals surface area contributed by atoms with Crippen molar-refractivity contribution in [2.45, 2.75) is 38.5 Å². The van der Waals surface area contributed by atoms with E-state index >= 15 is 0 Å². The van der Waals surface area contributed by atoms with Crippen LogP contribution in [-0.4, -0.2) is 43.1 Å². The third-order valence-electron chi connectivity index (χ3n) is 2.09. The normalized spacial score (nSPS) is 17.2. The number of rotatable bonds is 3. The molecule has 0 aromatic rings. The first-order chi connectivity index (χ1) is 7.88. The van der Waals surface area contributed by atoms with Crippen LogP contribution < -0.4 is 5.32 Å². The maximum Gasteiger partial charge on any atom is 0.490 e. The van der Waals surface area contributed by atoms with Gasteiger partial charge in [-0.15, -0.1) is 0 Å². The van der Waals surface area contributed by atoms with Gasteiger partial charge >= 0.3 is 12.1 Å². The van der Waals surface area contributed by atoms with Crippen molar-refractivity contribution in [3.05, 3.63) is 0 Å². The first-order valence-corrected chi connectivity index (χ1v) is 5.50. The quantitative estimate of drug-likeness (QED) is 0.809. The number of ether oxygens (including phenoxy) is 1. The molecule has 7 heteroatoms. The highest BCUT2D eigenvalue weighted by Gasteiger charge is 2.38. The van der Waals surface area contributed by atoms with E-state index in [9.17, 15) is 13.2 Å². The standard InChI is InChI=1S/C8H17NO.C2HF3O2/c1-2-7-10-8-3-5-9-6-4-8;3-2(4,5)1(6)7/h8-9H,2-7H2,1H3;(H,6,7). The fraction of sp³-hybridized carbons (Fsp3) is 0.900. The lowest BCUT2D eigenvalue weighted by Gasteiger charge is -2.22. The van der Waals surface area contributed by atoms with Crippen LogP contribution in [0.2, 0.25) is 0 Å². The second-order valence-electron chi connectivity index (χ2n) is 3.62. The molecule has 102 valence electrons. The Hall–Kier alpha value is -0.820. The molecule has 0 saturated carbocycles. The summed E-state index contributed by atoms with van der Waals surface area (Å²) in [4.78, 5) is 8.90. The van der Waals surface area contributed by atoms with Gasteiger partial charge in [-0.1, -0.05) is 6.92 Å². The smallest absolute Gasteiger partial charge is 0.475 e. The van der Waals surface area contributed by atoms with Crippen molar-refractivity contribution in [2.24, 2.45) is 0 Å². The predicted molar refractivity (Wildman–Crippen MR) is 55.8 cm³/mol. The first-order valence-electron chi connectivity index (χ1n) is 5.50. The Morgan fingerprint density at radius 2 is 1.88 bits per heavy atom. The van der Waals surface area contributed by atoms with Gasteiger partial charge in [0, 0.05) is 6.61 Å². The summed E-state index contributed by atoms with van der Waals surface area (Å²) in [5, 5.41) is 10.4. The van der Waals surface area contributed by atoms with Gasteiger partial charge in [0.05, 0.1) is 6.10 Å². The summed E-state index contributed by atoms with van der Waals surface area (Å²) in [5.74, 6) is -2.76. The highest BCUT2D eigenvalue weighted by Crippen LogP contribution is 2.13. The summed E-state index contributed by atoms with van der Waals surface area (Å²) in [6.45, 7) is 5.36. The maximum atomic E-state index is 10.6. The third-order valence-corrected chi connectivity index (χ3v) is 2.09. The van der Waals surface area contributed by atoms with Crippen molar-refractivity contribution in [1.82, 2.24) is 5.32 Å². The van der Waals surface area contributed by atoms with E-state index in [-0.39, 0.29) is 0 Å². The van der Waals surface area contributed by atoms with Gasteiger partial charge in [-0.25, -0.2) is 4.79 Å². The van der Waals surface area contributed by atoms with Gasteiger partial charge in [-0.2, -0.15) is 13.2 Å². The van der Waals surface area contributed by atoms with E-state index in [1.807, 2.05) is 0 Å². The minimum atomic E-state index is -5.08. The molecular weight excluding hydrogens is 239 g/mol. The minimum Gasteiger partial charge on any atom is -0.475 e. The monoisotopic (exact) mass is 257 g/mol. The number of piperidine rings is 1. The largest absolute Gasteiger partial charge is 0.490 e. The topological polar surface area (TPSA) is 58.6 Å². The summed E-state index contributed by atoms with van der Waals surface area (Å²) >= 11 is 0. The fourth-order valence-corrected chi connectivity index (χ4v) is 1.25. The third kappa shape index (κ3) is 8.93. The van der Waals surface area contributed by atoms with Crippen LogP contribution >= 0.6 is 0 Å². The summed E-state index contributed by atoms with van der Waals surface area (Å²) in [7, 11) is 0. The van der Waals surface area contributed by atoms with Gasteiger partial charge < -0.3 is 15.2 Å². The van der Waals surface area contributed by atoms with Crippen molar-refractivity contribution >= 4 is 5.97 Å². The van der Waals surface area contributed by atoms with Crippen LogP contribution in [0.1, 0.15) is 26.2 Å². The Morgan fingerprint density at radius 1 is 1.41 bits per heavy atom. The van der Waals surface area contributed by atoms with Crippen LogP contribution in [0.5, 0.6) is 0 Å². The molecule has 0 atom stereocenters. The number of halogens is 3. The molecule has 0 aromatic heterocycles. The number of aliphatic carboxylic acids is 1. The number of alkyl halides is 3. The molecule has 1 aliphatic rings. The molecular formula is C10H18F3NO3.